The van der Waals surface area contributed by atoms with Crippen molar-refractivity contribution in [2.24, 2.45) is 5.92 Å². The third-order valence-corrected chi connectivity index (χ3v) is 4.47. The van der Waals surface area contributed by atoms with E-state index < -0.39 is 0 Å². The molecule has 1 fully saturated rings. The molecule has 1 N–H and O–H groups in total. The minimum atomic E-state index is 0.477. The van der Waals surface area contributed by atoms with Gasteiger partial charge in [-0.15, -0.1) is 0 Å². The number of piperidine rings is 1. The minimum absolute atomic E-state index is 0.477. The lowest BCUT2D eigenvalue weighted by atomic mass is 9.96. The van der Waals surface area contributed by atoms with Gasteiger partial charge >= 0.3 is 0 Å². The van der Waals surface area contributed by atoms with Gasteiger partial charge in [-0.05, 0) is 58.7 Å². The summed E-state index contributed by atoms with van der Waals surface area (Å²) in [6.45, 7) is 12.5. The number of hydrogen-bond acceptors (Lipinski definition) is 3. The largest absolute Gasteiger partial charge is 0.317 e. The van der Waals surface area contributed by atoms with E-state index in [-0.39, 0.29) is 0 Å². The first-order chi connectivity index (χ1) is 9.74. The van der Waals surface area contributed by atoms with E-state index >= 15 is 0 Å². The molecule has 1 atom stereocenters. The van der Waals surface area contributed by atoms with Crippen LogP contribution in [0.2, 0.25) is 0 Å². The van der Waals surface area contributed by atoms with Crippen LogP contribution in [0.25, 0.3) is 0 Å². The van der Waals surface area contributed by atoms with E-state index in [0.717, 1.165) is 12.5 Å². The predicted molar refractivity (Wildman–Crippen MR) is 83.8 cm³/mol. The van der Waals surface area contributed by atoms with Crippen molar-refractivity contribution >= 4 is 0 Å². The Balaban J connectivity index is 1.98. The zero-order valence-electron chi connectivity index (χ0n) is 13.3. The van der Waals surface area contributed by atoms with Crippen LogP contribution in [0.15, 0.2) is 12.4 Å². The maximum absolute atomic E-state index is 4.43. The highest BCUT2D eigenvalue weighted by molar-refractivity contribution is 5.09. The van der Waals surface area contributed by atoms with E-state index in [0.29, 0.717) is 6.04 Å². The monoisotopic (exact) mass is 278 g/mol. The summed E-state index contributed by atoms with van der Waals surface area (Å²) in [5.41, 5.74) is 1.36. The third-order valence-electron chi connectivity index (χ3n) is 4.47. The number of aryl methyl sites for hydroxylation is 1. The smallest absolute Gasteiger partial charge is 0.0537 e. The molecule has 4 heteroatoms. The van der Waals surface area contributed by atoms with Crippen molar-refractivity contribution in [3.63, 3.8) is 0 Å². The standard InChI is InChI=1S/C16H30N4/c1-4-10-19(12-15-6-8-17-9-7-15)14(3)16-11-18-20(5-2)13-16/h11,13-15,17H,4-10,12H2,1-3H3. The highest BCUT2D eigenvalue weighted by atomic mass is 15.3. The van der Waals surface area contributed by atoms with Gasteiger partial charge in [0.2, 0.25) is 0 Å². The molecular formula is C16H30N4. The van der Waals surface area contributed by atoms with Gasteiger partial charge in [-0.1, -0.05) is 6.92 Å². The molecule has 2 heterocycles. The van der Waals surface area contributed by atoms with Crippen molar-refractivity contribution in [3.05, 3.63) is 18.0 Å². The summed E-state index contributed by atoms with van der Waals surface area (Å²) >= 11 is 0. The molecule has 0 amide bonds. The van der Waals surface area contributed by atoms with Crippen molar-refractivity contribution in [3.8, 4) is 0 Å². The lowest BCUT2D eigenvalue weighted by Crippen LogP contribution is -2.37. The topological polar surface area (TPSA) is 33.1 Å². The molecule has 1 unspecified atom stereocenters. The van der Waals surface area contributed by atoms with Gasteiger partial charge < -0.3 is 5.32 Å². The highest BCUT2D eigenvalue weighted by Gasteiger charge is 2.21. The van der Waals surface area contributed by atoms with E-state index in [1.54, 1.807) is 0 Å². The SMILES string of the molecule is CCCN(CC1CCNCC1)C(C)c1cnn(CC)c1. The first kappa shape index (κ1) is 15.5. The lowest BCUT2D eigenvalue weighted by Gasteiger charge is -2.33. The van der Waals surface area contributed by atoms with Crippen LogP contribution in [-0.4, -0.2) is 40.9 Å². The average Bonchev–Trinajstić information content (AvgIpc) is 2.96. The van der Waals surface area contributed by atoms with E-state index in [9.17, 15) is 0 Å². The van der Waals surface area contributed by atoms with Gasteiger partial charge in [0, 0.05) is 30.9 Å². The highest BCUT2D eigenvalue weighted by Crippen LogP contribution is 2.23. The summed E-state index contributed by atoms with van der Waals surface area (Å²) in [7, 11) is 0. The molecule has 0 spiro atoms. The van der Waals surface area contributed by atoms with Crippen LogP contribution in [-0.2, 0) is 6.54 Å². The number of hydrogen-bond donors (Lipinski definition) is 1. The predicted octanol–water partition coefficient (Wildman–Crippen LogP) is 2.68. The molecule has 1 aromatic rings. The zero-order valence-corrected chi connectivity index (χ0v) is 13.3. The fourth-order valence-electron chi connectivity index (χ4n) is 3.11. The fraction of sp³-hybridized carbons (Fsp3) is 0.812. The molecule has 0 saturated carbocycles. The molecule has 1 aliphatic rings. The minimum Gasteiger partial charge on any atom is -0.317 e. The molecule has 2 rings (SSSR count). The van der Waals surface area contributed by atoms with Crippen LogP contribution in [0.4, 0.5) is 0 Å². The second-order valence-corrected chi connectivity index (χ2v) is 5.99. The molecule has 20 heavy (non-hydrogen) atoms. The van der Waals surface area contributed by atoms with Gasteiger partial charge in [0.15, 0.2) is 0 Å². The van der Waals surface area contributed by atoms with Crippen LogP contribution >= 0.6 is 0 Å². The van der Waals surface area contributed by atoms with Crippen LogP contribution in [0.5, 0.6) is 0 Å². The van der Waals surface area contributed by atoms with Gasteiger partial charge in [-0.3, -0.25) is 9.58 Å². The Morgan fingerprint density at radius 3 is 2.75 bits per heavy atom. The molecule has 0 radical (unpaired) electrons. The lowest BCUT2D eigenvalue weighted by molar-refractivity contribution is 0.161. The van der Waals surface area contributed by atoms with Gasteiger partial charge in [0.25, 0.3) is 0 Å². The number of rotatable bonds is 7. The fourth-order valence-corrected chi connectivity index (χ4v) is 3.11. The maximum atomic E-state index is 4.43. The van der Waals surface area contributed by atoms with Crippen molar-refractivity contribution in [1.29, 1.82) is 0 Å². The number of nitrogens with one attached hydrogen (secondary N) is 1. The molecule has 1 saturated heterocycles. The summed E-state index contributed by atoms with van der Waals surface area (Å²) in [5, 5.41) is 7.89. The molecule has 114 valence electrons. The summed E-state index contributed by atoms with van der Waals surface area (Å²) in [5.74, 6) is 0.853. The van der Waals surface area contributed by atoms with Crippen molar-refractivity contribution in [1.82, 2.24) is 20.0 Å². The van der Waals surface area contributed by atoms with Crippen molar-refractivity contribution in [2.75, 3.05) is 26.2 Å². The van der Waals surface area contributed by atoms with E-state index in [1.807, 2.05) is 10.9 Å². The Kier molecular flexibility index (Phi) is 6.05. The summed E-state index contributed by atoms with van der Waals surface area (Å²) in [6, 6.07) is 0.477. The first-order valence-corrected chi connectivity index (χ1v) is 8.21. The van der Waals surface area contributed by atoms with E-state index in [2.05, 4.69) is 42.3 Å². The second kappa shape index (κ2) is 7.79. The van der Waals surface area contributed by atoms with Gasteiger partial charge in [-0.2, -0.15) is 5.10 Å². The molecule has 0 aromatic carbocycles. The molecule has 1 aromatic heterocycles. The Morgan fingerprint density at radius 1 is 1.40 bits per heavy atom. The van der Waals surface area contributed by atoms with Gasteiger partial charge in [0.1, 0.15) is 0 Å². The first-order valence-electron chi connectivity index (χ1n) is 8.21. The Hall–Kier alpha value is -0.870. The molecule has 0 aliphatic carbocycles. The Labute approximate surface area is 123 Å². The summed E-state index contributed by atoms with van der Waals surface area (Å²) < 4.78 is 2.03. The van der Waals surface area contributed by atoms with Crippen LogP contribution in [0, 0.1) is 5.92 Å². The third kappa shape index (κ3) is 4.06. The molecular weight excluding hydrogens is 248 g/mol. The van der Waals surface area contributed by atoms with E-state index in [1.165, 1.54) is 51.0 Å². The van der Waals surface area contributed by atoms with Crippen molar-refractivity contribution < 1.29 is 0 Å². The van der Waals surface area contributed by atoms with Gasteiger partial charge in [0.05, 0.1) is 6.20 Å². The molecule has 0 bridgehead atoms. The van der Waals surface area contributed by atoms with Crippen LogP contribution < -0.4 is 5.32 Å². The summed E-state index contributed by atoms with van der Waals surface area (Å²) in [4.78, 5) is 2.65. The quantitative estimate of drug-likeness (QED) is 0.832. The summed E-state index contributed by atoms with van der Waals surface area (Å²) in [6.07, 6.45) is 8.11. The zero-order chi connectivity index (χ0) is 14.4. The molecule has 1 aliphatic heterocycles. The molecule has 4 nitrogen and oxygen atoms in total. The van der Waals surface area contributed by atoms with Crippen LogP contribution in [0.1, 0.15) is 51.6 Å². The Bertz CT molecular complexity index is 382. The average molecular weight is 278 g/mol. The maximum Gasteiger partial charge on any atom is 0.0537 e. The Morgan fingerprint density at radius 2 is 2.15 bits per heavy atom. The normalized spacial score (nSPS) is 18.6. The van der Waals surface area contributed by atoms with E-state index in [4.69, 9.17) is 0 Å². The number of nitrogens with zero attached hydrogens (tertiary/aromatic N) is 3. The second-order valence-electron chi connectivity index (χ2n) is 5.99. The van der Waals surface area contributed by atoms with Crippen LogP contribution in [0.3, 0.4) is 0 Å². The van der Waals surface area contributed by atoms with Crippen molar-refractivity contribution in [2.45, 2.75) is 52.6 Å². The van der Waals surface area contributed by atoms with Gasteiger partial charge in [-0.25, -0.2) is 0 Å². The number of aromatic nitrogens is 2.